The third-order valence-corrected chi connectivity index (χ3v) is 25.9. The minimum atomic E-state index is -0.473. The predicted molar refractivity (Wildman–Crippen MR) is 588 cm³/mol. The molecule has 0 aliphatic carbocycles. The molecule has 4 fully saturated rings. The zero-order chi connectivity index (χ0) is 104. The molecule has 4 aromatic heterocycles. The predicted octanol–water partition coefficient (Wildman–Crippen LogP) is 21.5. The average molecular weight is 2070 g/mol. The zero-order valence-corrected chi connectivity index (χ0v) is 88.2. The first kappa shape index (κ1) is 110. The third kappa shape index (κ3) is 32.2. The molecule has 762 valence electrons. The molecular formula is C110H127Cl5N20O10. The van der Waals surface area contributed by atoms with Crippen LogP contribution in [0.2, 0.25) is 25.4 Å². The van der Waals surface area contributed by atoms with E-state index < -0.39 is 11.9 Å². The van der Waals surface area contributed by atoms with Crippen LogP contribution in [-0.2, 0) is 22.3 Å². The Labute approximate surface area is 874 Å². The SMILES string of the molecule is CCC(=O)c1cc(/C=C/c2cnc(Nc3ccc(N4C[C@@H](C)N[C@@H](C)C4)cc3)nc2)c(Cl)c(OC)c1.CCC(=O)c1cc(CCc2cnc(Nc3ccc(N4C[C@@H](C)N[C@@H](C)C4)cc3)nc2)c(Cl)c(OC)c1.COC(=O)c1cc(/C=C/c2cnc(Cl)nc2)c(Cl)c(OC)c1.COC(=O)c1cc(/C=C/c2cnc(Nc3ccc(N4C[C@@H](C)N[C@@H](C)C4)cc3)nc2)c(Cl)c(OC)c1.C[C@@H]1CN(c2ccc(N)cc2)C[C@H](C)N1. The summed E-state index contributed by atoms with van der Waals surface area (Å²) in [6.07, 6.45) is 26.6. The van der Waals surface area contributed by atoms with Gasteiger partial charge in [-0.1, -0.05) is 96.7 Å². The van der Waals surface area contributed by atoms with Crippen LogP contribution in [0.25, 0.3) is 36.5 Å². The highest BCUT2D eigenvalue weighted by atomic mass is 35.5. The second-order valence-corrected chi connectivity index (χ2v) is 37.8. The summed E-state index contributed by atoms with van der Waals surface area (Å²) in [6.45, 7) is 29.5. The van der Waals surface area contributed by atoms with Crippen LogP contribution < -0.4 is 81.5 Å². The first-order chi connectivity index (χ1) is 69.8. The van der Waals surface area contributed by atoms with Crippen molar-refractivity contribution in [2.45, 2.75) is 143 Å². The molecule has 30 nitrogen and oxygen atoms in total. The molecule has 0 amide bonds. The number of halogens is 5. The van der Waals surface area contributed by atoms with Crippen LogP contribution in [0.15, 0.2) is 195 Å². The van der Waals surface area contributed by atoms with Gasteiger partial charge in [0.15, 0.2) is 11.6 Å². The normalized spacial score (nSPS) is 17.6. The fourth-order valence-electron chi connectivity index (χ4n) is 17.1. The van der Waals surface area contributed by atoms with E-state index in [0.29, 0.717) is 174 Å². The van der Waals surface area contributed by atoms with Crippen LogP contribution in [-0.4, -0.2) is 207 Å². The minimum Gasteiger partial charge on any atom is -0.495 e. The van der Waals surface area contributed by atoms with Gasteiger partial charge in [0.05, 0.1) is 73.9 Å². The Bertz CT molecular complexity index is 6170. The maximum absolute atomic E-state index is 12.2. The minimum absolute atomic E-state index is 0.0310. The van der Waals surface area contributed by atoms with Gasteiger partial charge in [-0.25, -0.2) is 49.5 Å². The van der Waals surface area contributed by atoms with Crippen LogP contribution in [0.4, 0.5) is 63.3 Å². The number of carbonyl (C=O) groups is 4. The zero-order valence-electron chi connectivity index (χ0n) is 84.5. The molecule has 16 rings (SSSR count). The molecule has 8 atom stereocenters. The lowest BCUT2D eigenvalue weighted by Crippen LogP contribution is -2.54. The molecule has 4 aliphatic rings. The third-order valence-electron chi connectivity index (χ3n) is 24.0. The lowest BCUT2D eigenvalue weighted by Gasteiger charge is -2.37. The molecular weight excluding hydrogens is 1940 g/mol. The summed E-state index contributed by atoms with van der Waals surface area (Å²) in [5.41, 5.74) is 22.2. The van der Waals surface area contributed by atoms with E-state index in [0.717, 1.165) is 103 Å². The summed E-state index contributed by atoms with van der Waals surface area (Å²) in [7, 11) is 8.70. The van der Waals surface area contributed by atoms with Crippen molar-refractivity contribution < 1.29 is 47.6 Å². The van der Waals surface area contributed by atoms with Crippen molar-refractivity contribution in [2.75, 3.05) is 136 Å². The number of aromatic nitrogens is 8. The molecule has 4 aliphatic heterocycles. The fourth-order valence-corrected chi connectivity index (χ4v) is 18.2. The second-order valence-electron chi connectivity index (χ2n) is 35.9. The number of hydrogen-bond acceptors (Lipinski definition) is 30. The van der Waals surface area contributed by atoms with Crippen molar-refractivity contribution in [2.24, 2.45) is 0 Å². The molecule has 8 aromatic carbocycles. The molecule has 0 saturated carbocycles. The number of ether oxygens (including phenoxy) is 6. The summed E-state index contributed by atoms with van der Waals surface area (Å²) in [4.78, 5) is 92.0. The van der Waals surface area contributed by atoms with Crippen molar-refractivity contribution in [3.63, 3.8) is 0 Å². The first-order valence-electron chi connectivity index (χ1n) is 48.0. The number of anilines is 11. The van der Waals surface area contributed by atoms with Crippen molar-refractivity contribution in [1.82, 2.24) is 61.1 Å². The van der Waals surface area contributed by atoms with Crippen molar-refractivity contribution >= 4 is 181 Å². The molecule has 145 heavy (non-hydrogen) atoms. The number of Topliss-reactive ketones (excluding diaryl/α,β-unsaturated/α-hetero) is 2. The molecule has 4 saturated heterocycles. The molecule has 0 radical (unpaired) electrons. The van der Waals surface area contributed by atoms with Crippen LogP contribution in [0.5, 0.6) is 23.0 Å². The second kappa shape index (κ2) is 53.9. The quantitative estimate of drug-likeness (QED) is 0.00934. The fraction of sp³-hybridized carbons (Fsp3) is 0.327. The Balaban J connectivity index is 0.000000166. The highest BCUT2D eigenvalue weighted by Crippen LogP contribution is 2.38. The van der Waals surface area contributed by atoms with Gasteiger partial charge in [0.1, 0.15) is 23.0 Å². The summed E-state index contributed by atoms with van der Waals surface area (Å²) < 4.78 is 30.7. The van der Waals surface area contributed by atoms with E-state index in [1.165, 1.54) is 64.4 Å². The van der Waals surface area contributed by atoms with Gasteiger partial charge in [0, 0.05) is 236 Å². The molecule has 9 N–H and O–H groups in total. The highest BCUT2D eigenvalue weighted by molar-refractivity contribution is 6.35. The number of nitrogens with zero attached hydrogens (tertiary/aromatic N) is 12. The maximum Gasteiger partial charge on any atom is 0.338 e. The molecule has 0 unspecified atom stereocenters. The van der Waals surface area contributed by atoms with Crippen LogP contribution >= 0.6 is 58.0 Å². The topological polar surface area (TPSA) is 350 Å². The summed E-state index contributed by atoms with van der Waals surface area (Å²) >= 11 is 31.2. The van der Waals surface area contributed by atoms with Gasteiger partial charge in [-0.3, -0.25) is 9.59 Å². The number of aryl methyl sites for hydroxylation is 2. The number of nitrogens with one attached hydrogen (secondary N) is 7. The Morgan fingerprint density at radius 3 is 0.897 bits per heavy atom. The molecule has 0 spiro atoms. The van der Waals surface area contributed by atoms with E-state index in [-0.39, 0.29) is 16.9 Å². The molecule has 35 heteroatoms. The molecule has 8 heterocycles. The number of carbonyl (C=O) groups excluding carboxylic acids is 4. The maximum atomic E-state index is 12.2. The Hall–Kier alpha value is -13.5. The number of benzene rings is 8. The van der Waals surface area contributed by atoms with E-state index in [2.05, 4.69) is 213 Å². The summed E-state index contributed by atoms with van der Waals surface area (Å²) in [5.74, 6) is 2.48. The van der Waals surface area contributed by atoms with Gasteiger partial charge in [0.2, 0.25) is 23.1 Å². The lowest BCUT2D eigenvalue weighted by molar-refractivity contribution is 0.0591. The van der Waals surface area contributed by atoms with Gasteiger partial charge in [-0.05, 0) is 253 Å². The number of hydrogen-bond donors (Lipinski definition) is 8. The summed E-state index contributed by atoms with van der Waals surface area (Å²) in [5, 5.41) is 25.9. The van der Waals surface area contributed by atoms with Crippen molar-refractivity contribution in [3.8, 4) is 23.0 Å². The van der Waals surface area contributed by atoms with Crippen molar-refractivity contribution in [3.05, 3.63) is 287 Å². The Morgan fingerprint density at radius 2 is 0.607 bits per heavy atom. The average Bonchev–Trinajstić information content (AvgIpc) is 0.698. The number of nitrogen functional groups attached to an aromatic ring is 1. The van der Waals surface area contributed by atoms with Crippen LogP contribution in [0.1, 0.15) is 168 Å². The van der Waals surface area contributed by atoms with Crippen molar-refractivity contribution in [1.29, 1.82) is 0 Å². The highest BCUT2D eigenvalue weighted by Gasteiger charge is 2.27. The number of ketones is 2. The van der Waals surface area contributed by atoms with E-state index >= 15 is 0 Å². The van der Waals surface area contributed by atoms with Gasteiger partial charge in [-0.15, -0.1) is 0 Å². The number of methoxy groups -OCH3 is 6. The standard InChI is InChI=1S/C28H34ClN5O2.C28H32ClN5O2.C27H30ClN5O3.C15H12Cl2N2O3.C12H19N3/c2*1-5-25(35)22-12-21(27(29)26(13-22)36-4)7-6-20-14-30-28(31-15-20)33-23-8-10-24(11-9-23)34-16-18(2)32-19(3)17-34;1-17-15-33(16-18(2)31-17)23-9-7-22(8-10-23)32-27-29-13-19(14-30-27)5-6-20-11-21(26(34)36-4)12-24(35-3)25(20)28;1-21-12-6-11(14(20)22-2)5-10(13(12)16)4-3-9-7-18-15(17)19-8-9;1-9-7-15(8-10(2)14-9)12-5-3-11(13)4-6-12/h8-15,18-19,32H,5-7,16-17H2,1-4H3,(H,30,31,33);6-15,18-19,32H,5,16-17H2,1-4H3,(H,30,31,33);5-14,17-18,31H,15-16H2,1-4H3,(H,29,30,32);3-8H,1-2H3;3-6,9-10,14H,7-8,13H2,1-2H3/b;7-6+;6-5+;4-3+;/t2*18-,19+;17-,18+;;9-,10+. The number of nitrogens with two attached hydrogens (primary N) is 1. The van der Waals surface area contributed by atoms with E-state index in [1.54, 1.807) is 98.9 Å². The molecule has 12 aromatic rings. The summed E-state index contributed by atoms with van der Waals surface area (Å²) in [6, 6.07) is 50.4. The number of esters is 2. The van der Waals surface area contributed by atoms with Crippen LogP contribution in [0.3, 0.4) is 0 Å². The van der Waals surface area contributed by atoms with E-state index in [4.69, 9.17) is 92.2 Å². The Kier molecular flexibility index (Phi) is 41.0. The van der Waals surface area contributed by atoms with Gasteiger partial charge >= 0.3 is 11.9 Å². The van der Waals surface area contributed by atoms with Crippen LogP contribution in [0, 0.1) is 0 Å². The largest absolute Gasteiger partial charge is 0.495 e. The van der Waals surface area contributed by atoms with Gasteiger partial charge in [-0.2, -0.15) is 0 Å². The lowest BCUT2D eigenvalue weighted by atomic mass is 10.0. The van der Waals surface area contributed by atoms with E-state index in [1.807, 2.05) is 86.9 Å². The smallest absolute Gasteiger partial charge is 0.338 e. The Morgan fingerprint density at radius 1 is 0.345 bits per heavy atom. The number of piperazine rings is 4. The van der Waals surface area contributed by atoms with Gasteiger partial charge in [0.25, 0.3) is 0 Å². The first-order valence-corrected chi connectivity index (χ1v) is 49.9. The molecule has 0 bridgehead atoms. The van der Waals surface area contributed by atoms with E-state index in [9.17, 15) is 19.2 Å². The number of rotatable bonds is 29. The van der Waals surface area contributed by atoms with Gasteiger partial charge < -0.3 is 91.0 Å². The monoisotopic (exact) mass is 2060 g/mol.